The number of nitrogens with zero attached hydrogens (tertiary/aromatic N) is 3. The largest absolute Gasteiger partial charge is 0.384 e. The number of aromatic nitrogens is 4. The van der Waals surface area contributed by atoms with E-state index in [0.717, 1.165) is 22.5 Å². The number of anilines is 2. The molecule has 0 bridgehead atoms. The van der Waals surface area contributed by atoms with E-state index in [1.165, 1.54) is 30.1 Å². The fourth-order valence-corrected chi connectivity index (χ4v) is 3.54. The molecule has 0 radical (unpaired) electrons. The molecule has 1 fully saturated rings. The monoisotopic (exact) mass is 354 g/mol. The number of hydrogen-bond donors (Lipinski definition) is 3. The van der Waals surface area contributed by atoms with Crippen LogP contribution in [0.25, 0.3) is 0 Å². The lowest BCUT2D eigenvalue weighted by Crippen LogP contribution is -2.35. The van der Waals surface area contributed by atoms with Crippen molar-refractivity contribution in [3.05, 3.63) is 26.4 Å². The lowest BCUT2D eigenvalue weighted by molar-refractivity contribution is 0.102. The molecule has 2 heterocycles. The van der Waals surface area contributed by atoms with E-state index in [-0.39, 0.29) is 17.1 Å². The molecule has 0 unspecified atom stereocenters. The van der Waals surface area contributed by atoms with Gasteiger partial charge in [0.2, 0.25) is 5.13 Å². The topological polar surface area (TPSA) is 136 Å². The van der Waals surface area contributed by atoms with Crippen LogP contribution in [0.4, 0.5) is 10.9 Å². The zero-order valence-electron chi connectivity index (χ0n) is 12.2. The molecule has 2 aromatic rings. The van der Waals surface area contributed by atoms with Crippen molar-refractivity contribution in [2.45, 2.75) is 23.2 Å². The van der Waals surface area contributed by atoms with Crippen molar-refractivity contribution in [2.24, 2.45) is 7.05 Å². The van der Waals surface area contributed by atoms with Crippen molar-refractivity contribution in [3.8, 4) is 0 Å². The van der Waals surface area contributed by atoms with Gasteiger partial charge in [-0.25, -0.2) is 4.79 Å². The fourth-order valence-electron chi connectivity index (χ4n) is 1.83. The van der Waals surface area contributed by atoms with Gasteiger partial charge in [0, 0.05) is 13.1 Å². The molecular weight excluding hydrogens is 340 g/mol. The summed E-state index contributed by atoms with van der Waals surface area (Å²) in [7, 11) is 1.39. The number of ketones is 1. The minimum atomic E-state index is -0.774. The summed E-state index contributed by atoms with van der Waals surface area (Å²) in [6.45, 7) is 0. The molecular formula is C12H14N6O3S2. The number of rotatable bonds is 6. The van der Waals surface area contributed by atoms with Crippen molar-refractivity contribution < 1.29 is 4.79 Å². The molecule has 2 aromatic heterocycles. The molecule has 0 spiro atoms. The molecule has 23 heavy (non-hydrogen) atoms. The number of carbonyl (C=O) groups excluding carboxylic acids is 1. The van der Waals surface area contributed by atoms with E-state index in [4.69, 9.17) is 5.73 Å². The van der Waals surface area contributed by atoms with Crippen molar-refractivity contribution in [1.29, 1.82) is 0 Å². The molecule has 0 saturated heterocycles. The number of nitrogens with one attached hydrogen (secondary N) is 2. The first-order valence-electron chi connectivity index (χ1n) is 6.80. The van der Waals surface area contributed by atoms with Gasteiger partial charge in [0.15, 0.2) is 10.1 Å². The number of aromatic amines is 1. The van der Waals surface area contributed by atoms with Gasteiger partial charge in [0.1, 0.15) is 11.4 Å². The second-order valence-electron chi connectivity index (χ2n) is 5.08. The zero-order chi connectivity index (χ0) is 16.6. The molecule has 0 aromatic carbocycles. The summed E-state index contributed by atoms with van der Waals surface area (Å²) < 4.78 is 1.66. The summed E-state index contributed by atoms with van der Waals surface area (Å²) in [5.74, 6) is -0.613. The normalized spacial score (nSPS) is 14.0. The molecule has 0 aliphatic heterocycles. The molecule has 3 rings (SSSR count). The van der Waals surface area contributed by atoms with Crippen LogP contribution in [0.5, 0.6) is 0 Å². The summed E-state index contributed by atoms with van der Waals surface area (Å²) in [4.78, 5) is 37.5. The average molecular weight is 354 g/mol. The highest BCUT2D eigenvalue weighted by molar-refractivity contribution is 8.01. The number of nitrogen functional groups attached to an aromatic ring is 1. The van der Waals surface area contributed by atoms with Gasteiger partial charge in [0.25, 0.3) is 5.56 Å². The third kappa shape index (κ3) is 3.45. The highest BCUT2D eigenvalue weighted by Gasteiger charge is 2.23. The Morgan fingerprint density at radius 2 is 2.22 bits per heavy atom. The Labute approximate surface area is 138 Å². The first-order chi connectivity index (χ1) is 11.0. The number of hydrogen-bond acceptors (Lipinski definition) is 9. The number of H-pyrrole nitrogens is 1. The molecule has 1 aliphatic rings. The van der Waals surface area contributed by atoms with Crippen molar-refractivity contribution in [2.75, 3.05) is 16.8 Å². The van der Waals surface area contributed by atoms with E-state index in [1.807, 2.05) is 0 Å². The lowest BCUT2D eigenvalue weighted by Gasteiger charge is -2.06. The zero-order valence-corrected chi connectivity index (χ0v) is 13.8. The van der Waals surface area contributed by atoms with Gasteiger partial charge in [-0.3, -0.25) is 19.1 Å². The maximum absolute atomic E-state index is 12.2. The van der Waals surface area contributed by atoms with Gasteiger partial charge in [-0.05, 0) is 12.8 Å². The standard InChI is InChI=1S/C12H14N6O3S2/c1-18-8(13)7(9(20)15-11(18)21)6(19)4-22-12-17-16-10(23-12)14-5-2-3-5/h5H,2-4,13H2,1H3,(H,14,16)(H,15,20,21). The third-order valence-corrected chi connectivity index (χ3v) is 5.27. The second-order valence-corrected chi connectivity index (χ2v) is 7.28. The van der Waals surface area contributed by atoms with Gasteiger partial charge < -0.3 is 11.1 Å². The van der Waals surface area contributed by atoms with Gasteiger partial charge in [-0.2, -0.15) is 0 Å². The maximum atomic E-state index is 12.2. The van der Waals surface area contributed by atoms with E-state index < -0.39 is 17.0 Å². The summed E-state index contributed by atoms with van der Waals surface area (Å²) in [5, 5.41) is 11.9. The Bertz CT molecular complexity index is 866. The number of Topliss-reactive ketones (excluding diaryl/α,β-unsaturated/α-hetero) is 1. The molecule has 1 saturated carbocycles. The van der Waals surface area contributed by atoms with Gasteiger partial charge >= 0.3 is 5.69 Å². The van der Waals surface area contributed by atoms with E-state index in [1.54, 1.807) is 0 Å². The Hall–Kier alpha value is -2.14. The number of thioether (sulfide) groups is 1. The van der Waals surface area contributed by atoms with Gasteiger partial charge in [-0.1, -0.05) is 23.1 Å². The average Bonchev–Trinajstić information content (AvgIpc) is 3.20. The Morgan fingerprint density at radius 1 is 1.48 bits per heavy atom. The van der Waals surface area contributed by atoms with E-state index in [0.29, 0.717) is 10.4 Å². The number of nitrogens with two attached hydrogens (primary N) is 1. The van der Waals surface area contributed by atoms with Crippen LogP contribution in [0.3, 0.4) is 0 Å². The quantitative estimate of drug-likeness (QED) is 0.489. The minimum Gasteiger partial charge on any atom is -0.384 e. The Balaban J connectivity index is 1.70. The van der Waals surface area contributed by atoms with Gasteiger partial charge in [-0.15, -0.1) is 10.2 Å². The summed E-state index contributed by atoms with van der Waals surface area (Å²) in [5.41, 5.74) is 4.06. The molecule has 4 N–H and O–H groups in total. The molecule has 122 valence electrons. The molecule has 9 nitrogen and oxygen atoms in total. The molecule has 0 amide bonds. The van der Waals surface area contributed by atoms with Crippen LogP contribution < -0.4 is 22.3 Å². The molecule has 11 heteroatoms. The predicted molar refractivity (Wildman–Crippen MR) is 88.3 cm³/mol. The highest BCUT2D eigenvalue weighted by Crippen LogP contribution is 2.30. The fraction of sp³-hybridized carbons (Fsp3) is 0.417. The lowest BCUT2D eigenvalue weighted by atomic mass is 10.2. The first kappa shape index (κ1) is 15.7. The van der Waals surface area contributed by atoms with Crippen molar-refractivity contribution in [3.63, 3.8) is 0 Å². The molecule has 1 aliphatic carbocycles. The van der Waals surface area contributed by atoms with Crippen LogP contribution in [-0.2, 0) is 7.05 Å². The van der Waals surface area contributed by atoms with Crippen LogP contribution in [0.15, 0.2) is 13.9 Å². The highest BCUT2D eigenvalue weighted by atomic mass is 32.2. The van der Waals surface area contributed by atoms with Crippen LogP contribution in [0.1, 0.15) is 23.2 Å². The third-order valence-electron chi connectivity index (χ3n) is 3.29. The predicted octanol–water partition coefficient (Wildman–Crippen LogP) is 0.0566. The van der Waals surface area contributed by atoms with E-state index >= 15 is 0 Å². The van der Waals surface area contributed by atoms with E-state index in [9.17, 15) is 14.4 Å². The van der Waals surface area contributed by atoms with Crippen molar-refractivity contribution >= 4 is 39.8 Å². The van der Waals surface area contributed by atoms with Crippen LogP contribution in [0.2, 0.25) is 0 Å². The van der Waals surface area contributed by atoms with Crippen LogP contribution in [-0.4, -0.2) is 37.3 Å². The SMILES string of the molecule is Cn1c(N)c(C(=O)CSc2nnc(NC3CC3)s2)c(=O)[nH]c1=O. The van der Waals surface area contributed by atoms with Crippen molar-refractivity contribution in [1.82, 2.24) is 19.7 Å². The summed E-state index contributed by atoms with van der Waals surface area (Å²) >= 11 is 2.54. The minimum absolute atomic E-state index is 0.0104. The summed E-state index contributed by atoms with van der Waals surface area (Å²) in [6, 6.07) is 0.478. The van der Waals surface area contributed by atoms with Crippen LogP contribution >= 0.6 is 23.1 Å². The summed E-state index contributed by atoms with van der Waals surface area (Å²) in [6.07, 6.45) is 2.27. The van der Waals surface area contributed by atoms with Crippen LogP contribution in [0, 0.1) is 0 Å². The number of carbonyl (C=O) groups is 1. The second kappa shape index (κ2) is 6.16. The Kier molecular flexibility index (Phi) is 4.22. The smallest absolute Gasteiger partial charge is 0.329 e. The van der Waals surface area contributed by atoms with E-state index in [2.05, 4.69) is 20.5 Å². The first-order valence-corrected chi connectivity index (χ1v) is 8.60. The Morgan fingerprint density at radius 3 is 2.91 bits per heavy atom. The maximum Gasteiger partial charge on any atom is 0.329 e. The molecule has 0 atom stereocenters. The van der Waals surface area contributed by atoms with Gasteiger partial charge in [0.05, 0.1) is 5.75 Å².